The van der Waals surface area contributed by atoms with Crippen LogP contribution in [0.15, 0.2) is 72.4 Å². The zero-order valence-electron chi connectivity index (χ0n) is 73.6. The number of nitrogens with zero attached hydrogens (tertiary/aromatic N) is 14. The Hall–Kier alpha value is -11.9. The maximum Gasteiger partial charge on any atom is 0.291 e. The van der Waals surface area contributed by atoms with E-state index in [1.807, 2.05) is 61.8 Å². The minimum absolute atomic E-state index is 0.00830. The van der Waals surface area contributed by atoms with Crippen molar-refractivity contribution in [2.75, 3.05) is 186 Å². The van der Waals surface area contributed by atoms with Gasteiger partial charge in [-0.1, -0.05) is 23.7 Å². The van der Waals surface area contributed by atoms with E-state index in [1.54, 1.807) is 46.6 Å². The molecule has 44 heteroatoms. The van der Waals surface area contributed by atoms with Gasteiger partial charge in [-0.05, 0) is 111 Å². The molecule has 127 heavy (non-hydrogen) atoms. The van der Waals surface area contributed by atoms with E-state index >= 15 is 0 Å². The highest BCUT2D eigenvalue weighted by Crippen LogP contribution is 2.40. The normalized spacial score (nSPS) is 12.3. The molecule has 0 radical (unpaired) electrons. The number of nitrogens with one attached hydrogen (secondary N) is 11. The topological polar surface area (TPSA) is 488 Å². The van der Waals surface area contributed by atoms with E-state index in [-0.39, 0.29) is 134 Å². The van der Waals surface area contributed by atoms with Crippen molar-refractivity contribution in [3.05, 3.63) is 134 Å². The first-order chi connectivity index (χ1) is 61.0. The predicted octanol–water partition coefficient (Wildman–Crippen LogP) is 3.74. The number of anilines is 5. The lowest BCUT2D eigenvalue weighted by atomic mass is 9.99. The molecule has 7 aromatic heterocycles. The number of benzene rings is 1. The first-order valence-corrected chi connectivity index (χ1v) is 42.9. The summed E-state index contributed by atoms with van der Waals surface area (Å²) >= 11 is 7.90. The van der Waals surface area contributed by atoms with Crippen LogP contribution in [0, 0.1) is 20.8 Å². The summed E-state index contributed by atoms with van der Waals surface area (Å²) in [6.45, 7) is 13.8. The van der Waals surface area contributed by atoms with Crippen LogP contribution in [-0.2, 0) is 92.4 Å². The summed E-state index contributed by atoms with van der Waals surface area (Å²) in [4.78, 5) is 165. The summed E-state index contributed by atoms with van der Waals surface area (Å²) in [6, 6.07) is 9.89. The van der Waals surface area contributed by atoms with Gasteiger partial charge in [-0.25, -0.2) is 15.0 Å². The second-order valence-electron chi connectivity index (χ2n) is 30.2. The van der Waals surface area contributed by atoms with Gasteiger partial charge in [-0.15, -0.1) is 21.5 Å². The van der Waals surface area contributed by atoms with Crippen LogP contribution in [0.4, 0.5) is 28.8 Å². The number of aryl methyl sites for hydroxylation is 7. The maximum absolute atomic E-state index is 13.4. The number of rotatable bonds is 55. The Kier molecular flexibility index (Phi) is 39.2. The van der Waals surface area contributed by atoms with Gasteiger partial charge in [-0.2, -0.15) is 0 Å². The van der Waals surface area contributed by atoms with E-state index < -0.39 is 47.4 Å². The Bertz CT molecular complexity index is 5100. The standard InChI is InChI=1S/C83H116ClN25O17S/c1-53-54(2)127-83-72(53)73(56-16-18-57(84)19-17-56)93-60(74-101-100-55(3)109(74)83)47-71(115)87-29-34-122-36-38-124-40-42-126-44-43-125-41-39-123-37-35-121-33-23-67(111)86-25-14-32-103(6)31-13-24-85-66(110)20-26-90-80(118)75-97-64(50-106(75)9)95-69(113)21-27-88-78(116)62-46-59(49-105(62)8)92-82(120)77-99-65(52-108(77)11)96-70(114)22-28-89-79(117)61-45-58(48-104(61)7)91-81(119)76-98-63(51-107(76)10)94-68(112)15-12-30-102(4)5/h16-19,45-46,48-52,60H,12-15,20-44,47H2,1-11H3,(H,85,110)(H,86,111)(H,87,115)(H,88,116)(H,89,117)(H,90,118)(H,91,119)(H,92,120)(H,94,112)(H,95,113)(H,96,114)/t60-/m0/s1. The molecule has 1 atom stereocenters. The van der Waals surface area contributed by atoms with Gasteiger partial charge in [0.05, 0.1) is 103 Å². The Morgan fingerprint density at radius 1 is 0.433 bits per heavy atom. The summed E-state index contributed by atoms with van der Waals surface area (Å²) < 4.78 is 42.9. The van der Waals surface area contributed by atoms with Gasteiger partial charge in [0.1, 0.15) is 28.3 Å². The number of imidazole rings is 3. The average Bonchev–Trinajstić information content (AvgIpc) is 1.59. The van der Waals surface area contributed by atoms with E-state index in [9.17, 15) is 52.7 Å². The minimum Gasteiger partial charge on any atom is -0.379 e. The third-order valence-electron chi connectivity index (χ3n) is 19.7. The molecule has 0 bridgehead atoms. The first-order valence-electron chi connectivity index (χ1n) is 41.7. The molecule has 0 saturated carbocycles. The fourth-order valence-corrected chi connectivity index (χ4v) is 14.4. The lowest BCUT2D eigenvalue weighted by Crippen LogP contribution is -2.33. The largest absolute Gasteiger partial charge is 0.379 e. The minimum atomic E-state index is -0.654. The predicted molar refractivity (Wildman–Crippen MR) is 474 cm³/mol. The van der Waals surface area contributed by atoms with E-state index in [2.05, 4.69) is 102 Å². The van der Waals surface area contributed by atoms with Gasteiger partial charge in [0.2, 0.25) is 52.9 Å². The van der Waals surface area contributed by atoms with Crippen LogP contribution in [0.25, 0.3) is 5.00 Å². The summed E-state index contributed by atoms with van der Waals surface area (Å²) in [5.41, 5.74) is 4.72. The number of aromatic nitrogens is 11. The molecule has 0 fully saturated rings. The Morgan fingerprint density at radius 3 is 1.34 bits per heavy atom. The molecule has 1 aromatic carbocycles. The Morgan fingerprint density at radius 2 is 0.858 bits per heavy atom. The quantitative estimate of drug-likeness (QED) is 0.0242. The van der Waals surface area contributed by atoms with Gasteiger partial charge in [0, 0.05) is 159 Å². The molecule has 42 nitrogen and oxygen atoms in total. The van der Waals surface area contributed by atoms with Crippen molar-refractivity contribution < 1.29 is 81.2 Å². The zero-order chi connectivity index (χ0) is 91.5. The third kappa shape index (κ3) is 31.6. The highest BCUT2D eigenvalue weighted by molar-refractivity contribution is 7.15. The smallest absolute Gasteiger partial charge is 0.291 e. The summed E-state index contributed by atoms with van der Waals surface area (Å²) in [7, 11) is 13.7. The van der Waals surface area contributed by atoms with Crippen molar-refractivity contribution >= 4 is 122 Å². The van der Waals surface area contributed by atoms with E-state index in [1.165, 1.54) is 70.8 Å². The van der Waals surface area contributed by atoms with Crippen molar-refractivity contribution in [2.45, 2.75) is 84.6 Å². The van der Waals surface area contributed by atoms with Crippen LogP contribution in [0.3, 0.4) is 0 Å². The average molecular weight is 1800 g/mol. The Balaban J connectivity index is 0.518. The van der Waals surface area contributed by atoms with Crippen molar-refractivity contribution in [3.63, 3.8) is 0 Å². The SMILES string of the molecule is Cc1sc2c(c1C)C(c1ccc(Cl)cc1)=N[C@@H](CC(=O)NCCOCCOCCOCCOCCOCCOCCC(=O)NCCCN(C)CCCNC(=O)CCNC(=O)c1nc(NC(=O)CCNC(=O)c3cc(NC(=O)c4nc(NC(=O)CCNC(=O)c5cc(NC(=O)c6nc(NC(=O)CCCN(C)C)cn6C)cn5C)cn4C)cn3C)cn1C)c1nnc(C)n1-2. The van der Waals surface area contributed by atoms with Crippen molar-refractivity contribution in [2.24, 2.45) is 40.2 Å². The number of hydrogen-bond acceptors (Lipinski definition) is 26. The lowest BCUT2D eigenvalue weighted by molar-refractivity contribution is -0.123. The summed E-state index contributed by atoms with van der Waals surface area (Å²) in [6.07, 6.45) is 9.83. The number of halogens is 1. The highest BCUT2D eigenvalue weighted by Gasteiger charge is 2.33. The number of aliphatic imine (C=N–C) groups is 1. The van der Waals surface area contributed by atoms with Crippen molar-refractivity contribution in [3.8, 4) is 5.00 Å². The molecular weight excluding hydrogens is 1690 g/mol. The molecule has 1 aliphatic heterocycles. The molecule has 0 unspecified atom stereocenters. The number of carbonyl (C=O) groups is 11. The van der Waals surface area contributed by atoms with Gasteiger partial charge in [0.15, 0.2) is 23.3 Å². The molecular formula is C83H116ClN25O17S. The number of ether oxygens (including phenoxy) is 6. The number of amides is 11. The van der Waals surface area contributed by atoms with Crippen molar-refractivity contribution in [1.29, 1.82) is 0 Å². The van der Waals surface area contributed by atoms with E-state index in [4.69, 9.17) is 45.0 Å². The van der Waals surface area contributed by atoms with Crippen LogP contribution >= 0.6 is 22.9 Å². The molecule has 8 aromatic rings. The fourth-order valence-electron chi connectivity index (χ4n) is 13.1. The maximum atomic E-state index is 13.4. The lowest BCUT2D eigenvalue weighted by Gasteiger charge is -2.16. The molecule has 688 valence electrons. The number of thiophene rings is 1. The van der Waals surface area contributed by atoms with E-state index in [0.717, 1.165) is 52.7 Å². The zero-order valence-corrected chi connectivity index (χ0v) is 75.2. The molecule has 1 aliphatic rings. The molecule has 11 N–H and O–H groups in total. The number of carbonyl (C=O) groups excluding carboxylic acids is 11. The van der Waals surface area contributed by atoms with Gasteiger partial charge < -0.3 is 120 Å². The number of fused-ring (bicyclic) bond motifs is 3. The van der Waals surface area contributed by atoms with Gasteiger partial charge in [0.25, 0.3) is 29.5 Å². The molecule has 8 heterocycles. The van der Waals surface area contributed by atoms with E-state index in [0.29, 0.717) is 135 Å². The van der Waals surface area contributed by atoms with Crippen LogP contribution in [-0.4, -0.2) is 292 Å². The van der Waals surface area contributed by atoms with Crippen LogP contribution in [0.1, 0.15) is 150 Å². The van der Waals surface area contributed by atoms with Gasteiger partial charge >= 0.3 is 0 Å². The fraction of sp³-hybridized carbons (Fsp3) is 0.506. The molecule has 0 spiro atoms. The van der Waals surface area contributed by atoms with Crippen LogP contribution in [0.5, 0.6) is 0 Å². The van der Waals surface area contributed by atoms with Crippen LogP contribution < -0.4 is 58.5 Å². The van der Waals surface area contributed by atoms with Crippen molar-refractivity contribution in [1.82, 2.24) is 94.3 Å². The monoisotopic (exact) mass is 1800 g/mol. The Labute approximate surface area is 744 Å². The molecule has 9 rings (SSSR count). The molecule has 0 saturated heterocycles. The summed E-state index contributed by atoms with van der Waals surface area (Å²) in [5, 5.41) is 40.5. The third-order valence-corrected chi connectivity index (χ3v) is 21.1. The highest BCUT2D eigenvalue weighted by atomic mass is 35.5. The summed E-state index contributed by atoms with van der Waals surface area (Å²) in [5.74, 6) is -2.94. The second kappa shape index (κ2) is 50.4. The van der Waals surface area contributed by atoms with Crippen LogP contribution in [0.2, 0.25) is 5.02 Å². The first kappa shape index (κ1) is 98.8. The van der Waals surface area contributed by atoms with Gasteiger partial charge in [-0.3, -0.25) is 62.3 Å². The number of hydrogen-bond donors (Lipinski definition) is 11. The molecule has 11 amide bonds. The second-order valence-corrected chi connectivity index (χ2v) is 31.8. The molecule has 0 aliphatic carbocycles.